The number of nitrogens with zero attached hydrogens (tertiary/aromatic N) is 1. The molecule has 10 heteroatoms. The Balaban J connectivity index is 1.79. The Morgan fingerprint density at radius 3 is 2.32 bits per heavy atom. The van der Waals surface area contributed by atoms with Gasteiger partial charge in [-0.15, -0.1) is 0 Å². The number of halogens is 6. The first kappa shape index (κ1) is 27.2. The van der Waals surface area contributed by atoms with Gasteiger partial charge in [-0.3, -0.25) is 0 Å². The van der Waals surface area contributed by atoms with Crippen LogP contribution in [0.15, 0.2) is 42.5 Å². The van der Waals surface area contributed by atoms with E-state index >= 15 is 0 Å². The molecule has 1 aromatic heterocycles. The van der Waals surface area contributed by atoms with Crippen molar-refractivity contribution in [2.75, 3.05) is 6.61 Å². The summed E-state index contributed by atoms with van der Waals surface area (Å²) in [6.45, 7) is 2.78. The zero-order chi connectivity index (χ0) is 27.6. The largest absolute Gasteiger partial charge is 0.488 e. The van der Waals surface area contributed by atoms with Crippen LogP contribution in [-0.2, 0) is 17.5 Å². The molecular weight excluding hydrogens is 512 g/mol. The highest BCUT2D eigenvalue weighted by atomic mass is 19.4. The van der Waals surface area contributed by atoms with Gasteiger partial charge in [0.05, 0.1) is 23.4 Å². The number of allylic oxidation sites excluding steroid dienone is 2. The van der Waals surface area contributed by atoms with Crippen molar-refractivity contribution in [2.45, 2.75) is 45.9 Å². The van der Waals surface area contributed by atoms with E-state index in [0.29, 0.717) is 54.2 Å². The Morgan fingerprint density at radius 1 is 0.974 bits per heavy atom. The van der Waals surface area contributed by atoms with Gasteiger partial charge in [0, 0.05) is 17.7 Å². The van der Waals surface area contributed by atoms with Crippen LogP contribution in [0, 0.1) is 24.4 Å². The fourth-order valence-electron chi connectivity index (χ4n) is 4.35. The number of benzene rings is 2. The summed E-state index contributed by atoms with van der Waals surface area (Å²) in [6, 6.07) is 7.72. The Hall–Kier alpha value is -3.82. The average Bonchev–Trinajstić information content (AvgIpc) is 3.33. The number of hydrogen-bond donors (Lipinski definition) is 0. The Labute approximate surface area is 214 Å². The molecular formula is C28H23F6NO3. The van der Waals surface area contributed by atoms with E-state index in [1.54, 1.807) is 18.2 Å². The maximum absolute atomic E-state index is 14.1. The van der Waals surface area contributed by atoms with E-state index < -0.39 is 53.0 Å². The van der Waals surface area contributed by atoms with Crippen molar-refractivity contribution in [3.05, 3.63) is 93.6 Å². The van der Waals surface area contributed by atoms with Gasteiger partial charge in [0.2, 0.25) is 0 Å². The standard InChI is InChI=1S/C28H23F6NO3/c1-3-37-27(36)25-11-16(28(32,33)34)10-24(35-25)19-6-4-5-18(19)20-9-15(2)7-8-26(20)38-14-21-22(30)12-17(29)13-23(21)31/h7-13H,3-6,14H2,1-2H3. The summed E-state index contributed by atoms with van der Waals surface area (Å²) in [4.78, 5) is 16.5. The molecule has 4 nitrogen and oxygen atoms in total. The molecule has 0 amide bonds. The zero-order valence-electron chi connectivity index (χ0n) is 20.5. The highest BCUT2D eigenvalue weighted by Gasteiger charge is 2.34. The molecule has 0 saturated heterocycles. The number of rotatable bonds is 7. The van der Waals surface area contributed by atoms with Crippen molar-refractivity contribution in [3.8, 4) is 5.75 Å². The number of pyridine rings is 1. The van der Waals surface area contributed by atoms with Crippen LogP contribution < -0.4 is 4.74 Å². The molecule has 4 rings (SSSR count). The summed E-state index contributed by atoms with van der Waals surface area (Å²) in [7, 11) is 0. The molecule has 0 unspecified atom stereocenters. The maximum Gasteiger partial charge on any atom is 0.416 e. The predicted octanol–water partition coefficient (Wildman–Crippen LogP) is 7.68. The van der Waals surface area contributed by atoms with Gasteiger partial charge >= 0.3 is 12.1 Å². The van der Waals surface area contributed by atoms with Crippen LogP contribution in [0.5, 0.6) is 5.75 Å². The third-order valence-electron chi connectivity index (χ3n) is 6.10. The lowest BCUT2D eigenvalue weighted by molar-refractivity contribution is -0.137. The van der Waals surface area contributed by atoms with Crippen LogP contribution in [0.2, 0.25) is 0 Å². The summed E-state index contributed by atoms with van der Waals surface area (Å²) in [5.74, 6) is -3.99. The van der Waals surface area contributed by atoms with Crippen LogP contribution in [0.25, 0.3) is 11.1 Å². The molecule has 0 spiro atoms. The van der Waals surface area contributed by atoms with E-state index in [2.05, 4.69) is 4.98 Å². The lowest BCUT2D eigenvalue weighted by Gasteiger charge is -2.17. The molecule has 0 saturated carbocycles. The molecule has 0 atom stereocenters. The molecule has 0 N–H and O–H groups in total. The van der Waals surface area contributed by atoms with Crippen LogP contribution >= 0.6 is 0 Å². The summed E-state index contributed by atoms with van der Waals surface area (Å²) in [5.41, 5.74) is 0.509. The van der Waals surface area contributed by atoms with Crippen LogP contribution in [0.3, 0.4) is 0 Å². The number of aromatic nitrogens is 1. The number of ether oxygens (including phenoxy) is 2. The quantitative estimate of drug-likeness (QED) is 0.230. The van der Waals surface area contributed by atoms with Gasteiger partial charge in [-0.2, -0.15) is 13.2 Å². The van der Waals surface area contributed by atoms with E-state index in [0.717, 1.165) is 11.6 Å². The monoisotopic (exact) mass is 535 g/mol. The minimum absolute atomic E-state index is 0.0153. The zero-order valence-corrected chi connectivity index (χ0v) is 20.5. The number of esters is 1. The first-order chi connectivity index (χ1) is 18.0. The van der Waals surface area contributed by atoms with Crippen molar-refractivity contribution >= 4 is 17.1 Å². The SMILES string of the molecule is CCOC(=O)c1cc(C(F)(F)F)cc(C2=C(c3cc(C)ccc3OCc3c(F)cc(F)cc3F)CCC2)n1. The van der Waals surface area contributed by atoms with Crippen molar-refractivity contribution < 1.29 is 40.6 Å². The third-order valence-corrected chi connectivity index (χ3v) is 6.10. The minimum atomic E-state index is -4.72. The molecule has 0 radical (unpaired) electrons. The Kier molecular flexibility index (Phi) is 7.80. The van der Waals surface area contributed by atoms with E-state index in [1.165, 1.54) is 6.92 Å². The smallest absolute Gasteiger partial charge is 0.416 e. The number of alkyl halides is 3. The molecule has 38 heavy (non-hydrogen) atoms. The van der Waals surface area contributed by atoms with Crippen molar-refractivity contribution in [2.24, 2.45) is 0 Å². The van der Waals surface area contributed by atoms with Crippen LogP contribution in [0.4, 0.5) is 26.3 Å². The highest BCUT2D eigenvalue weighted by molar-refractivity contribution is 5.95. The van der Waals surface area contributed by atoms with E-state index in [1.807, 2.05) is 6.92 Å². The number of hydrogen-bond acceptors (Lipinski definition) is 4. The predicted molar refractivity (Wildman–Crippen MR) is 128 cm³/mol. The second-order valence-electron chi connectivity index (χ2n) is 8.79. The maximum atomic E-state index is 14.1. The summed E-state index contributed by atoms with van der Waals surface area (Å²) >= 11 is 0. The van der Waals surface area contributed by atoms with Gasteiger partial charge in [-0.05, 0) is 68.5 Å². The first-order valence-electron chi connectivity index (χ1n) is 11.8. The lowest BCUT2D eigenvalue weighted by Crippen LogP contribution is -2.13. The van der Waals surface area contributed by atoms with Gasteiger partial charge in [0.1, 0.15) is 35.5 Å². The molecule has 3 aromatic rings. The molecule has 0 bridgehead atoms. The van der Waals surface area contributed by atoms with E-state index in [4.69, 9.17) is 9.47 Å². The number of carbonyl (C=O) groups excluding carboxylic acids is 1. The highest BCUT2D eigenvalue weighted by Crippen LogP contribution is 2.44. The molecule has 0 aliphatic heterocycles. The third kappa shape index (κ3) is 5.84. The number of carbonyl (C=O) groups is 1. The van der Waals surface area contributed by atoms with Crippen molar-refractivity contribution in [3.63, 3.8) is 0 Å². The molecule has 2 aromatic carbocycles. The summed E-state index contributed by atoms with van der Waals surface area (Å²) in [6.07, 6.45) is -3.26. The van der Waals surface area contributed by atoms with Crippen LogP contribution in [-0.4, -0.2) is 17.6 Å². The van der Waals surface area contributed by atoms with Crippen molar-refractivity contribution in [1.29, 1.82) is 0 Å². The van der Waals surface area contributed by atoms with Crippen LogP contribution in [0.1, 0.15) is 64.6 Å². The van der Waals surface area contributed by atoms with Gasteiger partial charge < -0.3 is 9.47 Å². The Morgan fingerprint density at radius 2 is 1.66 bits per heavy atom. The average molecular weight is 535 g/mol. The van der Waals surface area contributed by atoms with Gasteiger partial charge in [-0.1, -0.05) is 11.6 Å². The second-order valence-corrected chi connectivity index (χ2v) is 8.79. The summed E-state index contributed by atoms with van der Waals surface area (Å²) in [5, 5.41) is 0. The normalized spacial score (nSPS) is 13.7. The van der Waals surface area contributed by atoms with Gasteiger partial charge in [0.25, 0.3) is 0 Å². The van der Waals surface area contributed by atoms with E-state index in [9.17, 15) is 31.1 Å². The fraction of sp³-hybridized carbons (Fsp3) is 0.286. The lowest BCUT2D eigenvalue weighted by atomic mass is 9.96. The Bertz CT molecular complexity index is 1390. The van der Waals surface area contributed by atoms with Crippen molar-refractivity contribution in [1.82, 2.24) is 4.98 Å². The summed E-state index contributed by atoms with van der Waals surface area (Å²) < 4.78 is 93.2. The number of aryl methyl sites for hydroxylation is 1. The molecule has 1 aliphatic carbocycles. The minimum Gasteiger partial charge on any atom is -0.488 e. The second kappa shape index (κ2) is 10.9. The fourth-order valence-corrected chi connectivity index (χ4v) is 4.35. The molecule has 0 fully saturated rings. The van der Waals surface area contributed by atoms with Gasteiger partial charge in [0.15, 0.2) is 0 Å². The molecule has 1 heterocycles. The molecule has 200 valence electrons. The topological polar surface area (TPSA) is 48.4 Å². The van der Waals surface area contributed by atoms with Gasteiger partial charge in [-0.25, -0.2) is 22.9 Å². The van der Waals surface area contributed by atoms with E-state index in [-0.39, 0.29) is 18.1 Å². The first-order valence-corrected chi connectivity index (χ1v) is 11.8. The molecule has 1 aliphatic rings.